The van der Waals surface area contributed by atoms with Crippen molar-refractivity contribution in [2.45, 2.75) is 6.92 Å². The van der Waals surface area contributed by atoms with E-state index in [-0.39, 0.29) is 17.2 Å². The highest BCUT2D eigenvalue weighted by Crippen LogP contribution is 2.11. The van der Waals surface area contributed by atoms with Crippen LogP contribution in [0.4, 0.5) is 5.69 Å². The van der Waals surface area contributed by atoms with Crippen molar-refractivity contribution in [3.05, 3.63) is 63.6 Å². The summed E-state index contributed by atoms with van der Waals surface area (Å²) in [6.07, 6.45) is 0. The molecule has 0 atom stereocenters. The van der Waals surface area contributed by atoms with Crippen LogP contribution >= 0.6 is 0 Å². The van der Waals surface area contributed by atoms with Gasteiger partial charge in [0.25, 0.3) is 17.4 Å². The van der Waals surface area contributed by atoms with E-state index in [4.69, 9.17) is 4.74 Å². The lowest BCUT2D eigenvalue weighted by atomic mass is 10.1. The fourth-order valence-corrected chi connectivity index (χ4v) is 2.58. The van der Waals surface area contributed by atoms with E-state index in [1.807, 2.05) is 0 Å². The molecule has 1 aromatic heterocycles. The van der Waals surface area contributed by atoms with Crippen LogP contribution in [-0.4, -0.2) is 48.0 Å². The smallest absolute Gasteiger partial charge is 0.271 e. The molecule has 2 N–H and O–H groups in total. The summed E-state index contributed by atoms with van der Waals surface area (Å²) >= 11 is 0. The van der Waals surface area contributed by atoms with E-state index in [1.54, 1.807) is 48.2 Å². The number of anilines is 1. The number of hydrogen-bond donors (Lipinski definition) is 2. The minimum Gasteiger partial charge on any atom is -0.378 e. The van der Waals surface area contributed by atoms with E-state index < -0.39 is 5.91 Å². The van der Waals surface area contributed by atoms with Gasteiger partial charge in [-0.2, -0.15) is 0 Å². The molecule has 130 valence electrons. The van der Waals surface area contributed by atoms with Gasteiger partial charge in [0.15, 0.2) is 0 Å². The number of rotatable bonds is 3. The second-order valence-corrected chi connectivity index (χ2v) is 5.82. The number of pyridine rings is 1. The molecule has 1 aliphatic heterocycles. The summed E-state index contributed by atoms with van der Waals surface area (Å²) in [5.41, 5.74) is 1.44. The monoisotopic (exact) mass is 341 g/mol. The molecule has 25 heavy (non-hydrogen) atoms. The first-order chi connectivity index (χ1) is 12.0. The average Bonchev–Trinajstić information content (AvgIpc) is 2.64. The van der Waals surface area contributed by atoms with Crippen molar-refractivity contribution in [1.82, 2.24) is 9.88 Å². The van der Waals surface area contributed by atoms with Gasteiger partial charge in [0.1, 0.15) is 5.69 Å². The molecule has 1 aromatic carbocycles. The van der Waals surface area contributed by atoms with Gasteiger partial charge in [0.05, 0.1) is 13.2 Å². The van der Waals surface area contributed by atoms with Gasteiger partial charge >= 0.3 is 0 Å². The van der Waals surface area contributed by atoms with Gasteiger partial charge < -0.3 is 19.9 Å². The largest absolute Gasteiger partial charge is 0.378 e. The molecule has 0 aliphatic carbocycles. The number of nitrogens with zero attached hydrogens (tertiary/aromatic N) is 1. The maximum absolute atomic E-state index is 12.4. The molecule has 1 aliphatic rings. The standard InChI is InChI=1S/C18H19N3O4/c1-12-2-7-15(17(23)19-12)20-16(22)13-3-5-14(6-4-13)18(24)21-8-10-25-11-9-21/h2-7H,8-11H2,1H3,(H,19,23)(H,20,22). The van der Waals surface area contributed by atoms with E-state index in [0.717, 1.165) is 0 Å². The van der Waals surface area contributed by atoms with Crippen LogP contribution in [0.5, 0.6) is 0 Å². The second kappa shape index (κ2) is 7.31. The first kappa shape index (κ1) is 16.9. The maximum atomic E-state index is 12.4. The fourth-order valence-electron chi connectivity index (χ4n) is 2.58. The summed E-state index contributed by atoms with van der Waals surface area (Å²) in [5, 5.41) is 2.57. The lowest BCUT2D eigenvalue weighted by molar-refractivity contribution is 0.0303. The Bertz CT molecular complexity index is 836. The molecule has 0 radical (unpaired) electrons. The molecule has 2 aromatic rings. The van der Waals surface area contributed by atoms with E-state index in [1.165, 1.54) is 0 Å². The van der Waals surface area contributed by atoms with Gasteiger partial charge in [-0.3, -0.25) is 14.4 Å². The van der Waals surface area contributed by atoms with Crippen molar-refractivity contribution in [1.29, 1.82) is 0 Å². The third-order valence-electron chi connectivity index (χ3n) is 4.00. The summed E-state index contributed by atoms with van der Waals surface area (Å²) < 4.78 is 5.23. The minimum atomic E-state index is -0.403. The predicted octanol–water partition coefficient (Wildman–Crippen LogP) is 1.41. The number of aromatic amines is 1. The Kier molecular flexibility index (Phi) is 4.95. The number of carbonyl (C=O) groups is 2. The molecule has 0 saturated carbocycles. The molecule has 2 heterocycles. The average molecular weight is 341 g/mol. The Balaban J connectivity index is 1.70. The van der Waals surface area contributed by atoms with E-state index >= 15 is 0 Å². The molecular weight excluding hydrogens is 322 g/mol. The third kappa shape index (κ3) is 3.95. The number of aromatic nitrogens is 1. The topological polar surface area (TPSA) is 91.5 Å². The third-order valence-corrected chi connectivity index (χ3v) is 4.00. The van der Waals surface area contributed by atoms with E-state index in [9.17, 15) is 14.4 Å². The Labute approximate surface area is 144 Å². The van der Waals surface area contributed by atoms with Crippen molar-refractivity contribution in [2.75, 3.05) is 31.6 Å². The van der Waals surface area contributed by atoms with Crippen molar-refractivity contribution in [2.24, 2.45) is 0 Å². The lowest BCUT2D eigenvalue weighted by Gasteiger charge is -2.26. The number of carbonyl (C=O) groups excluding carboxylic acids is 2. The summed E-state index contributed by atoms with van der Waals surface area (Å²) in [5.74, 6) is -0.482. The summed E-state index contributed by atoms with van der Waals surface area (Å²) in [7, 11) is 0. The molecule has 2 amide bonds. The van der Waals surface area contributed by atoms with Gasteiger partial charge in [0, 0.05) is 29.9 Å². The zero-order valence-corrected chi connectivity index (χ0v) is 13.9. The van der Waals surface area contributed by atoms with Crippen molar-refractivity contribution < 1.29 is 14.3 Å². The van der Waals surface area contributed by atoms with Crippen LogP contribution < -0.4 is 10.9 Å². The van der Waals surface area contributed by atoms with Crippen LogP contribution in [0.2, 0.25) is 0 Å². The Hall–Kier alpha value is -2.93. The van der Waals surface area contributed by atoms with Crippen molar-refractivity contribution in [3.63, 3.8) is 0 Å². The Morgan fingerprint density at radius 3 is 2.32 bits per heavy atom. The summed E-state index contributed by atoms with van der Waals surface area (Å²) in [6.45, 7) is 3.97. The lowest BCUT2D eigenvalue weighted by Crippen LogP contribution is -2.40. The number of amides is 2. The summed E-state index contributed by atoms with van der Waals surface area (Å²) in [6, 6.07) is 9.65. The second-order valence-electron chi connectivity index (χ2n) is 5.82. The highest BCUT2D eigenvalue weighted by atomic mass is 16.5. The van der Waals surface area contributed by atoms with Gasteiger partial charge in [-0.05, 0) is 43.3 Å². The molecular formula is C18H19N3O4. The SMILES string of the molecule is Cc1ccc(NC(=O)c2ccc(C(=O)N3CCOCC3)cc2)c(=O)[nH]1. The molecule has 0 unspecified atom stereocenters. The maximum Gasteiger partial charge on any atom is 0.271 e. The van der Waals surface area contributed by atoms with Gasteiger partial charge in [-0.1, -0.05) is 0 Å². The van der Waals surface area contributed by atoms with Crippen LogP contribution in [-0.2, 0) is 4.74 Å². The number of morpholine rings is 1. The first-order valence-corrected chi connectivity index (χ1v) is 8.03. The minimum absolute atomic E-state index is 0.0785. The van der Waals surface area contributed by atoms with E-state index in [0.29, 0.717) is 43.1 Å². The highest BCUT2D eigenvalue weighted by Gasteiger charge is 2.18. The van der Waals surface area contributed by atoms with E-state index in [2.05, 4.69) is 10.3 Å². The molecule has 7 nitrogen and oxygen atoms in total. The molecule has 1 fully saturated rings. The molecule has 1 saturated heterocycles. The number of benzene rings is 1. The Morgan fingerprint density at radius 1 is 1.04 bits per heavy atom. The number of ether oxygens (including phenoxy) is 1. The quantitative estimate of drug-likeness (QED) is 0.883. The Morgan fingerprint density at radius 2 is 1.68 bits per heavy atom. The van der Waals surface area contributed by atoms with Crippen LogP contribution in [0.1, 0.15) is 26.4 Å². The first-order valence-electron chi connectivity index (χ1n) is 8.03. The van der Waals surface area contributed by atoms with Crippen LogP contribution in [0.25, 0.3) is 0 Å². The van der Waals surface area contributed by atoms with Crippen molar-refractivity contribution in [3.8, 4) is 0 Å². The highest BCUT2D eigenvalue weighted by molar-refractivity contribution is 6.05. The van der Waals surface area contributed by atoms with Crippen LogP contribution in [0, 0.1) is 6.92 Å². The number of hydrogen-bond acceptors (Lipinski definition) is 4. The van der Waals surface area contributed by atoms with Crippen LogP contribution in [0.3, 0.4) is 0 Å². The van der Waals surface area contributed by atoms with Gasteiger partial charge in [-0.15, -0.1) is 0 Å². The molecule has 7 heteroatoms. The number of aryl methyl sites for hydroxylation is 1. The zero-order chi connectivity index (χ0) is 17.8. The van der Waals surface area contributed by atoms with Crippen LogP contribution in [0.15, 0.2) is 41.2 Å². The molecule has 0 spiro atoms. The fraction of sp³-hybridized carbons (Fsp3) is 0.278. The number of H-pyrrole nitrogens is 1. The summed E-state index contributed by atoms with van der Waals surface area (Å²) in [4.78, 5) is 40.8. The normalized spacial score (nSPS) is 14.2. The number of nitrogens with one attached hydrogen (secondary N) is 2. The molecule has 3 rings (SSSR count). The van der Waals surface area contributed by atoms with Gasteiger partial charge in [0.2, 0.25) is 0 Å². The zero-order valence-electron chi connectivity index (χ0n) is 13.9. The van der Waals surface area contributed by atoms with Gasteiger partial charge in [-0.25, -0.2) is 0 Å². The van der Waals surface area contributed by atoms with Crippen molar-refractivity contribution >= 4 is 17.5 Å². The molecule has 0 bridgehead atoms. The predicted molar refractivity (Wildman–Crippen MR) is 92.9 cm³/mol.